The normalized spacial score (nSPS) is 18.3. The number of hydrogen-bond acceptors (Lipinski definition) is 4. The lowest BCUT2D eigenvalue weighted by atomic mass is 10.1. The summed E-state index contributed by atoms with van der Waals surface area (Å²) >= 11 is 0. The van der Waals surface area contributed by atoms with Gasteiger partial charge in [0.25, 0.3) is 0 Å². The Labute approximate surface area is 157 Å². The van der Waals surface area contributed by atoms with Crippen molar-refractivity contribution in [2.24, 2.45) is 10.9 Å². The predicted molar refractivity (Wildman–Crippen MR) is 105 cm³/mol. The molecule has 4 rings (SSSR count). The second-order valence-corrected chi connectivity index (χ2v) is 6.74. The van der Waals surface area contributed by atoms with Crippen molar-refractivity contribution in [3.8, 4) is 5.75 Å². The van der Waals surface area contributed by atoms with Crippen molar-refractivity contribution in [1.82, 2.24) is 0 Å². The lowest BCUT2D eigenvalue weighted by Crippen LogP contribution is -2.41. The highest BCUT2D eigenvalue weighted by molar-refractivity contribution is 6.16. The third-order valence-electron chi connectivity index (χ3n) is 5.00. The second-order valence-electron chi connectivity index (χ2n) is 6.74. The monoisotopic (exact) mass is 363 g/mol. The Kier molecular flexibility index (Phi) is 4.62. The number of hydrogen-bond donors (Lipinski definition) is 1. The van der Waals surface area contributed by atoms with E-state index in [-0.39, 0.29) is 24.3 Å². The molecule has 6 heteroatoms. The minimum atomic E-state index is -0.246. The van der Waals surface area contributed by atoms with Gasteiger partial charge in [0, 0.05) is 11.4 Å². The summed E-state index contributed by atoms with van der Waals surface area (Å²) in [4.78, 5) is 32.0. The molecular weight excluding hydrogens is 342 g/mol. The molecule has 2 amide bonds. The van der Waals surface area contributed by atoms with Crippen LogP contribution in [0.2, 0.25) is 0 Å². The molecule has 2 aliphatic rings. The smallest absolute Gasteiger partial charge is 0.244 e. The van der Waals surface area contributed by atoms with Crippen LogP contribution in [0.3, 0.4) is 0 Å². The summed E-state index contributed by atoms with van der Waals surface area (Å²) in [5.74, 6) is 0.215. The molecule has 1 aliphatic heterocycles. The average molecular weight is 363 g/mol. The van der Waals surface area contributed by atoms with Crippen LogP contribution < -0.4 is 15.0 Å². The van der Waals surface area contributed by atoms with Gasteiger partial charge >= 0.3 is 0 Å². The lowest BCUT2D eigenvalue weighted by Gasteiger charge is -2.24. The van der Waals surface area contributed by atoms with Crippen LogP contribution in [0.5, 0.6) is 5.75 Å². The molecule has 0 bridgehead atoms. The zero-order valence-electron chi connectivity index (χ0n) is 15.1. The summed E-state index contributed by atoms with van der Waals surface area (Å²) in [5.41, 5.74) is 3.04. The number of benzene rings is 2. The summed E-state index contributed by atoms with van der Waals surface area (Å²) < 4.78 is 5.12. The van der Waals surface area contributed by atoms with Crippen LogP contribution >= 0.6 is 0 Å². The number of para-hydroxylation sites is 2. The summed E-state index contributed by atoms with van der Waals surface area (Å²) in [6.45, 7) is -0.0405. The van der Waals surface area contributed by atoms with Crippen LogP contribution in [-0.2, 0) is 9.59 Å². The van der Waals surface area contributed by atoms with Crippen LogP contribution in [0.4, 0.5) is 17.1 Å². The highest BCUT2D eigenvalue weighted by Crippen LogP contribution is 2.37. The number of nitrogens with one attached hydrogen (secondary N) is 1. The Balaban J connectivity index is 1.56. The standard InChI is InChI=1S/C21H21N3O3/c1-27-15-11-9-14(10-12-15)22-20(25)13-24-19-8-3-2-6-18(19)23-17-7-4-5-16(17)21(24)26/h2-3,6,8-12,16H,4-5,7,13H2,1H3,(H,22,25)/t16-/m1/s1. The highest BCUT2D eigenvalue weighted by atomic mass is 16.5. The van der Waals surface area contributed by atoms with Gasteiger partial charge in [-0.3, -0.25) is 14.6 Å². The van der Waals surface area contributed by atoms with Crippen molar-refractivity contribution in [2.75, 3.05) is 23.9 Å². The molecule has 27 heavy (non-hydrogen) atoms. The summed E-state index contributed by atoms with van der Waals surface area (Å²) in [6.07, 6.45) is 2.60. The van der Waals surface area contributed by atoms with Gasteiger partial charge in [0.05, 0.1) is 24.4 Å². The Morgan fingerprint density at radius 2 is 2.00 bits per heavy atom. The topological polar surface area (TPSA) is 71.0 Å². The number of carbonyl (C=O) groups is 2. The van der Waals surface area contributed by atoms with E-state index in [0.29, 0.717) is 11.4 Å². The summed E-state index contributed by atoms with van der Waals surface area (Å²) in [6, 6.07) is 14.6. The zero-order chi connectivity index (χ0) is 18.8. The number of aliphatic imine (C=N–C) groups is 1. The minimum Gasteiger partial charge on any atom is -0.497 e. The molecule has 1 N–H and O–H groups in total. The van der Waals surface area contributed by atoms with Crippen LogP contribution in [0.15, 0.2) is 53.5 Å². The highest BCUT2D eigenvalue weighted by Gasteiger charge is 2.37. The van der Waals surface area contributed by atoms with Crippen molar-refractivity contribution in [3.63, 3.8) is 0 Å². The molecule has 1 saturated carbocycles. The van der Waals surface area contributed by atoms with Gasteiger partial charge in [-0.15, -0.1) is 0 Å². The van der Waals surface area contributed by atoms with E-state index in [1.54, 1.807) is 36.3 Å². The van der Waals surface area contributed by atoms with E-state index in [0.717, 1.165) is 36.4 Å². The van der Waals surface area contributed by atoms with E-state index in [4.69, 9.17) is 9.73 Å². The molecule has 2 aromatic rings. The van der Waals surface area contributed by atoms with Crippen molar-refractivity contribution in [2.45, 2.75) is 19.3 Å². The maximum Gasteiger partial charge on any atom is 0.244 e. The maximum atomic E-state index is 13.1. The molecule has 1 aliphatic carbocycles. The first-order valence-corrected chi connectivity index (χ1v) is 9.07. The zero-order valence-corrected chi connectivity index (χ0v) is 15.1. The van der Waals surface area contributed by atoms with Crippen LogP contribution in [0.25, 0.3) is 0 Å². The molecule has 1 heterocycles. The predicted octanol–water partition coefficient (Wildman–Crippen LogP) is 3.55. The molecule has 1 atom stereocenters. The van der Waals surface area contributed by atoms with E-state index >= 15 is 0 Å². The molecular formula is C21H21N3O3. The first-order chi connectivity index (χ1) is 13.2. The van der Waals surface area contributed by atoms with E-state index < -0.39 is 0 Å². The molecule has 0 aromatic heterocycles. The van der Waals surface area contributed by atoms with E-state index in [1.807, 2.05) is 24.3 Å². The number of ether oxygens (including phenoxy) is 1. The van der Waals surface area contributed by atoms with Gasteiger partial charge in [-0.1, -0.05) is 12.1 Å². The van der Waals surface area contributed by atoms with Gasteiger partial charge in [0.2, 0.25) is 11.8 Å². The van der Waals surface area contributed by atoms with Crippen LogP contribution in [-0.4, -0.2) is 31.2 Å². The molecule has 138 valence electrons. The Hall–Kier alpha value is -3.15. The fourth-order valence-corrected chi connectivity index (χ4v) is 3.66. The third kappa shape index (κ3) is 3.43. The molecule has 0 spiro atoms. The SMILES string of the molecule is COc1ccc(NC(=O)CN2C(=O)[C@@H]3CCCC3=Nc3ccccc32)cc1. The van der Waals surface area contributed by atoms with Gasteiger partial charge in [-0.2, -0.15) is 0 Å². The first kappa shape index (κ1) is 17.3. The number of nitrogens with zero attached hydrogens (tertiary/aromatic N) is 2. The maximum absolute atomic E-state index is 13.1. The second kappa shape index (κ2) is 7.23. The van der Waals surface area contributed by atoms with Gasteiger partial charge in [0.1, 0.15) is 12.3 Å². The summed E-state index contributed by atoms with van der Waals surface area (Å²) in [7, 11) is 1.59. The number of methoxy groups -OCH3 is 1. The van der Waals surface area contributed by atoms with Crippen LogP contribution in [0.1, 0.15) is 19.3 Å². The van der Waals surface area contributed by atoms with Gasteiger partial charge < -0.3 is 15.0 Å². The van der Waals surface area contributed by atoms with Crippen molar-refractivity contribution in [3.05, 3.63) is 48.5 Å². The number of fused-ring (bicyclic) bond motifs is 2. The van der Waals surface area contributed by atoms with Gasteiger partial charge in [0.15, 0.2) is 0 Å². The van der Waals surface area contributed by atoms with Gasteiger partial charge in [-0.25, -0.2) is 0 Å². The number of carbonyl (C=O) groups excluding carboxylic acids is 2. The summed E-state index contributed by atoms with van der Waals surface area (Å²) in [5, 5.41) is 2.85. The fourth-order valence-electron chi connectivity index (χ4n) is 3.66. The molecule has 6 nitrogen and oxygen atoms in total. The third-order valence-corrected chi connectivity index (χ3v) is 5.00. The minimum absolute atomic E-state index is 0.0405. The molecule has 0 saturated heterocycles. The van der Waals surface area contributed by atoms with Gasteiger partial charge in [-0.05, 0) is 55.7 Å². The van der Waals surface area contributed by atoms with E-state index in [1.165, 1.54) is 0 Å². The largest absolute Gasteiger partial charge is 0.497 e. The quantitative estimate of drug-likeness (QED) is 0.903. The Morgan fingerprint density at radius 1 is 1.22 bits per heavy atom. The van der Waals surface area contributed by atoms with Crippen molar-refractivity contribution < 1.29 is 14.3 Å². The molecule has 2 aromatic carbocycles. The fraction of sp³-hybridized carbons (Fsp3) is 0.286. The molecule has 1 fully saturated rings. The first-order valence-electron chi connectivity index (χ1n) is 9.07. The number of rotatable bonds is 4. The number of amides is 2. The van der Waals surface area contributed by atoms with Crippen molar-refractivity contribution >= 4 is 34.6 Å². The lowest BCUT2D eigenvalue weighted by molar-refractivity contribution is -0.122. The van der Waals surface area contributed by atoms with Crippen molar-refractivity contribution in [1.29, 1.82) is 0 Å². The Morgan fingerprint density at radius 3 is 2.78 bits per heavy atom. The molecule has 0 unspecified atom stereocenters. The Bertz CT molecular complexity index is 905. The van der Waals surface area contributed by atoms with E-state index in [9.17, 15) is 9.59 Å². The average Bonchev–Trinajstić information content (AvgIpc) is 3.11. The molecule has 0 radical (unpaired) electrons. The number of anilines is 2. The van der Waals surface area contributed by atoms with Crippen LogP contribution in [0, 0.1) is 5.92 Å². The van der Waals surface area contributed by atoms with E-state index in [2.05, 4.69) is 5.32 Å².